The van der Waals surface area contributed by atoms with Crippen LogP contribution >= 0.6 is 0 Å². The number of aliphatic hydroxyl groups excluding tert-OH is 4. The standard InChI is InChI=1S/C25H31NO10/c1-2-14-15-8-9-26(17(23(32)33)10-13-6-4-3-5-7-13)22(31)16(15)12-34-24(14)36-25-21(30)20(29)19(28)18(11-27)35-25/h2-7,12,14-15,17-21,24-25,27-30H,1,8-11H2,(H,32,33)/t14-,15+,17+,18-,19-,20+,21-,24+,25-/m1/s1. The number of fused-ring (bicyclic) bond motifs is 1. The summed E-state index contributed by atoms with van der Waals surface area (Å²) in [4.78, 5) is 26.7. The van der Waals surface area contributed by atoms with Gasteiger partial charge in [0.2, 0.25) is 6.29 Å². The van der Waals surface area contributed by atoms with Gasteiger partial charge in [-0.05, 0) is 12.0 Å². The number of carboxylic acid groups (broad SMARTS) is 1. The van der Waals surface area contributed by atoms with Crippen LogP contribution in [0.4, 0.5) is 0 Å². The smallest absolute Gasteiger partial charge is 0.326 e. The van der Waals surface area contributed by atoms with E-state index in [2.05, 4.69) is 6.58 Å². The summed E-state index contributed by atoms with van der Waals surface area (Å²) in [5.41, 5.74) is 1.09. The van der Waals surface area contributed by atoms with E-state index in [-0.39, 0.29) is 18.9 Å². The molecule has 0 bridgehead atoms. The highest BCUT2D eigenvalue weighted by Gasteiger charge is 2.49. The molecule has 0 radical (unpaired) electrons. The van der Waals surface area contributed by atoms with Crippen molar-refractivity contribution in [1.29, 1.82) is 0 Å². The molecule has 0 spiro atoms. The molecule has 11 nitrogen and oxygen atoms in total. The van der Waals surface area contributed by atoms with Gasteiger partial charge in [-0.3, -0.25) is 4.79 Å². The van der Waals surface area contributed by atoms with Crippen molar-refractivity contribution in [2.75, 3.05) is 13.2 Å². The van der Waals surface area contributed by atoms with E-state index in [1.165, 1.54) is 11.2 Å². The number of hydrogen-bond donors (Lipinski definition) is 5. The first-order chi connectivity index (χ1) is 17.3. The maximum atomic E-state index is 13.4. The number of piperidine rings is 1. The number of aliphatic hydroxyl groups is 4. The van der Waals surface area contributed by atoms with Crippen LogP contribution in [0.1, 0.15) is 12.0 Å². The molecule has 1 amide bonds. The average molecular weight is 506 g/mol. The largest absolute Gasteiger partial charge is 0.480 e. The molecule has 3 aliphatic rings. The number of amides is 1. The summed E-state index contributed by atoms with van der Waals surface area (Å²) in [6.45, 7) is 3.41. The highest BCUT2D eigenvalue weighted by atomic mass is 16.8. The topological polar surface area (TPSA) is 166 Å². The summed E-state index contributed by atoms with van der Waals surface area (Å²) in [6.07, 6.45) is -4.99. The van der Waals surface area contributed by atoms with Crippen molar-refractivity contribution in [2.24, 2.45) is 11.8 Å². The lowest BCUT2D eigenvalue weighted by Gasteiger charge is -2.45. The lowest BCUT2D eigenvalue weighted by atomic mass is 9.78. The maximum absolute atomic E-state index is 13.4. The van der Waals surface area contributed by atoms with E-state index < -0.39 is 67.4 Å². The van der Waals surface area contributed by atoms with E-state index in [9.17, 15) is 35.1 Å². The fraction of sp³-hybridized carbons (Fsp3) is 0.520. The van der Waals surface area contributed by atoms with E-state index in [4.69, 9.17) is 14.2 Å². The van der Waals surface area contributed by atoms with Gasteiger partial charge in [-0.25, -0.2) is 4.79 Å². The molecular formula is C25H31NO10. The molecule has 11 heteroatoms. The number of hydrogen-bond acceptors (Lipinski definition) is 9. The SMILES string of the molecule is C=C[C@H]1[C@H](O[C@H]2O[C@H](CO)[C@@H](O)[C@H](O)[C@H]2O)OC=C2C(=O)N([C@@H](Cc3ccccc3)C(=O)O)CC[C@H]21. The van der Waals surface area contributed by atoms with Crippen molar-refractivity contribution in [3.63, 3.8) is 0 Å². The zero-order valence-corrected chi connectivity index (χ0v) is 19.5. The van der Waals surface area contributed by atoms with Crippen LogP contribution in [-0.4, -0.2) is 98.5 Å². The number of benzene rings is 1. The zero-order chi connectivity index (χ0) is 26.0. The molecule has 3 aliphatic heterocycles. The normalized spacial score (nSPS) is 35.3. The Hall–Kier alpha value is -2.80. The first-order valence-electron chi connectivity index (χ1n) is 11.8. The van der Waals surface area contributed by atoms with Gasteiger partial charge in [0.1, 0.15) is 30.5 Å². The van der Waals surface area contributed by atoms with Gasteiger partial charge in [-0.2, -0.15) is 0 Å². The molecule has 3 heterocycles. The van der Waals surface area contributed by atoms with Crippen molar-refractivity contribution in [1.82, 2.24) is 4.90 Å². The van der Waals surface area contributed by atoms with Gasteiger partial charge in [0, 0.05) is 24.8 Å². The third-order valence-corrected chi connectivity index (χ3v) is 7.02. The van der Waals surface area contributed by atoms with Crippen LogP contribution in [0.5, 0.6) is 0 Å². The van der Waals surface area contributed by atoms with Crippen LogP contribution in [0.3, 0.4) is 0 Å². The van der Waals surface area contributed by atoms with Crippen LogP contribution in [0, 0.1) is 11.8 Å². The maximum Gasteiger partial charge on any atom is 0.326 e. The van der Waals surface area contributed by atoms with E-state index >= 15 is 0 Å². The van der Waals surface area contributed by atoms with Crippen LogP contribution in [0.15, 0.2) is 54.8 Å². The van der Waals surface area contributed by atoms with E-state index in [0.717, 1.165) is 5.56 Å². The molecule has 4 rings (SSSR count). The third-order valence-electron chi connectivity index (χ3n) is 7.02. The minimum atomic E-state index is -1.61. The Labute approximate surface area is 207 Å². The van der Waals surface area contributed by atoms with Crippen molar-refractivity contribution in [2.45, 2.75) is 55.9 Å². The van der Waals surface area contributed by atoms with Gasteiger partial charge >= 0.3 is 5.97 Å². The number of carboxylic acids is 1. The minimum Gasteiger partial charge on any atom is -0.480 e. The molecule has 0 aromatic heterocycles. The molecule has 36 heavy (non-hydrogen) atoms. The summed E-state index contributed by atoms with van der Waals surface area (Å²) in [5, 5.41) is 49.6. The highest BCUT2D eigenvalue weighted by Crippen LogP contribution is 2.40. The Kier molecular flexibility index (Phi) is 8.08. The first-order valence-corrected chi connectivity index (χ1v) is 11.8. The summed E-state index contributed by atoms with van der Waals surface area (Å²) in [7, 11) is 0. The second-order valence-electron chi connectivity index (χ2n) is 9.16. The summed E-state index contributed by atoms with van der Waals surface area (Å²) < 4.78 is 16.8. The molecule has 9 atom stereocenters. The lowest BCUT2D eigenvalue weighted by molar-refractivity contribution is -0.339. The van der Waals surface area contributed by atoms with Crippen molar-refractivity contribution < 1.29 is 49.3 Å². The number of aliphatic carboxylic acids is 1. The number of carbonyl (C=O) groups excluding carboxylic acids is 1. The second-order valence-corrected chi connectivity index (χ2v) is 9.16. The Morgan fingerprint density at radius 1 is 1.17 bits per heavy atom. The van der Waals surface area contributed by atoms with Crippen LogP contribution in [0.25, 0.3) is 0 Å². The number of ether oxygens (including phenoxy) is 3. The third kappa shape index (κ3) is 5.03. The van der Waals surface area contributed by atoms with Crippen LogP contribution < -0.4 is 0 Å². The van der Waals surface area contributed by atoms with Gasteiger partial charge < -0.3 is 44.6 Å². The van der Waals surface area contributed by atoms with Gasteiger partial charge in [0.05, 0.1) is 18.4 Å². The van der Waals surface area contributed by atoms with Gasteiger partial charge in [0.25, 0.3) is 5.91 Å². The molecule has 5 N–H and O–H groups in total. The Morgan fingerprint density at radius 2 is 1.89 bits per heavy atom. The van der Waals surface area contributed by atoms with Gasteiger partial charge in [-0.15, -0.1) is 6.58 Å². The highest BCUT2D eigenvalue weighted by molar-refractivity contribution is 5.97. The average Bonchev–Trinajstić information content (AvgIpc) is 2.88. The second kappa shape index (κ2) is 11.1. The predicted molar refractivity (Wildman–Crippen MR) is 123 cm³/mol. The summed E-state index contributed by atoms with van der Waals surface area (Å²) >= 11 is 0. The van der Waals surface area contributed by atoms with Gasteiger partial charge in [-0.1, -0.05) is 36.4 Å². The lowest BCUT2D eigenvalue weighted by Crippen LogP contribution is -2.60. The Bertz CT molecular complexity index is 982. The quantitative estimate of drug-likeness (QED) is 0.288. The number of likely N-dealkylation sites (tertiary alicyclic amines) is 1. The molecule has 0 aliphatic carbocycles. The van der Waals surface area contributed by atoms with Crippen LogP contribution in [-0.2, 0) is 30.2 Å². The predicted octanol–water partition coefficient (Wildman–Crippen LogP) is -0.610. The monoisotopic (exact) mass is 505 g/mol. The molecule has 2 fully saturated rings. The fourth-order valence-electron chi connectivity index (χ4n) is 4.99. The Balaban J connectivity index is 1.50. The van der Waals surface area contributed by atoms with Crippen molar-refractivity contribution in [3.05, 3.63) is 60.4 Å². The minimum absolute atomic E-state index is 0.161. The van der Waals surface area contributed by atoms with Gasteiger partial charge in [0.15, 0.2) is 6.29 Å². The fourth-order valence-corrected chi connectivity index (χ4v) is 4.99. The summed E-state index contributed by atoms with van der Waals surface area (Å²) in [6, 6.07) is 8.02. The molecule has 0 unspecified atom stereocenters. The number of carbonyl (C=O) groups is 2. The van der Waals surface area contributed by atoms with Crippen molar-refractivity contribution in [3.8, 4) is 0 Å². The van der Waals surface area contributed by atoms with E-state index in [1.54, 1.807) is 6.08 Å². The number of rotatable bonds is 8. The molecule has 196 valence electrons. The van der Waals surface area contributed by atoms with E-state index in [0.29, 0.717) is 12.0 Å². The van der Waals surface area contributed by atoms with Crippen molar-refractivity contribution >= 4 is 11.9 Å². The summed E-state index contributed by atoms with van der Waals surface area (Å²) in [5.74, 6) is -2.50. The van der Waals surface area contributed by atoms with E-state index in [1.807, 2.05) is 30.3 Å². The molecular weight excluding hydrogens is 474 g/mol. The first kappa shape index (κ1) is 26.3. The van der Waals surface area contributed by atoms with Crippen LogP contribution in [0.2, 0.25) is 0 Å². The zero-order valence-electron chi connectivity index (χ0n) is 19.5. The molecule has 1 aromatic rings. The Morgan fingerprint density at radius 3 is 2.53 bits per heavy atom. The number of nitrogens with zero attached hydrogens (tertiary/aromatic N) is 1. The molecule has 1 aromatic carbocycles. The molecule has 2 saturated heterocycles. The molecule has 0 saturated carbocycles.